The van der Waals surface area contributed by atoms with Gasteiger partial charge in [-0.1, -0.05) is 30.3 Å². The van der Waals surface area contributed by atoms with Crippen molar-refractivity contribution < 1.29 is 14.3 Å². The number of carbonyl (C=O) groups excluding carboxylic acids is 1. The fourth-order valence-corrected chi connectivity index (χ4v) is 5.50. The van der Waals surface area contributed by atoms with Crippen molar-refractivity contribution in [2.45, 2.75) is 19.5 Å². The van der Waals surface area contributed by atoms with Gasteiger partial charge < -0.3 is 19.3 Å². The molecule has 9 heteroatoms. The van der Waals surface area contributed by atoms with E-state index in [1.165, 1.54) is 11.1 Å². The molecule has 0 aliphatic carbocycles. The molecular formula is C33H36N6O3. The first-order valence-corrected chi connectivity index (χ1v) is 14.6. The van der Waals surface area contributed by atoms with Gasteiger partial charge in [-0.15, -0.1) is 0 Å². The summed E-state index contributed by atoms with van der Waals surface area (Å²) in [7, 11) is 0. The van der Waals surface area contributed by atoms with Gasteiger partial charge in [-0.05, 0) is 53.1 Å². The van der Waals surface area contributed by atoms with Gasteiger partial charge in [-0.3, -0.25) is 14.7 Å². The zero-order valence-electron chi connectivity index (χ0n) is 23.8. The first-order valence-electron chi connectivity index (χ1n) is 14.6. The predicted octanol–water partition coefficient (Wildman–Crippen LogP) is 3.84. The molecule has 9 nitrogen and oxygen atoms in total. The fraction of sp³-hybridized carbons (Fsp3) is 0.333. The van der Waals surface area contributed by atoms with Gasteiger partial charge in [-0.25, -0.2) is 9.97 Å². The number of fused-ring (bicyclic) bond motifs is 3. The molecule has 2 aromatic heterocycles. The molecule has 0 N–H and O–H groups in total. The average molecular weight is 565 g/mol. The quantitative estimate of drug-likeness (QED) is 0.370. The maximum atomic E-state index is 13.6. The Hall–Kier alpha value is -4.34. The molecule has 0 saturated carbocycles. The van der Waals surface area contributed by atoms with E-state index in [0.717, 1.165) is 36.6 Å². The standard InChI is InChI=1S/C33H36N6O3/c40-32(38-13-15-39(16-14-38)33-35-11-4-12-36-33)28-8-9-31-29(23-28)22-26-5-3-6-27(21-26)24-37(17-18-41-19-20-42-31)25-30-7-1-2-10-34-30/h1-12,21,23H,13-20,22,24-25H2. The third-order valence-corrected chi connectivity index (χ3v) is 7.65. The van der Waals surface area contributed by atoms with Gasteiger partial charge in [0.25, 0.3) is 5.91 Å². The summed E-state index contributed by atoms with van der Waals surface area (Å²) < 4.78 is 12.1. The third-order valence-electron chi connectivity index (χ3n) is 7.65. The van der Waals surface area contributed by atoms with Gasteiger partial charge in [0.15, 0.2) is 0 Å². The molecule has 4 heterocycles. The van der Waals surface area contributed by atoms with Crippen LogP contribution in [0.1, 0.15) is 32.7 Å². The number of rotatable bonds is 4. The lowest BCUT2D eigenvalue weighted by Crippen LogP contribution is -2.49. The second kappa shape index (κ2) is 13.5. The Morgan fingerprint density at radius 1 is 0.762 bits per heavy atom. The molecule has 0 atom stereocenters. The van der Waals surface area contributed by atoms with Crippen LogP contribution in [0.3, 0.4) is 0 Å². The number of nitrogens with zero attached hydrogens (tertiary/aromatic N) is 6. The number of benzene rings is 2. The highest BCUT2D eigenvalue weighted by molar-refractivity contribution is 5.94. The van der Waals surface area contributed by atoms with Crippen LogP contribution in [0, 0.1) is 0 Å². The molecule has 0 unspecified atom stereocenters. The molecule has 2 aliphatic heterocycles. The number of anilines is 1. The number of hydrogen-bond acceptors (Lipinski definition) is 8. The molecule has 1 saturated heterocycles. The molecule has 2 bridgehead atoms. The first kappa shape index (κ1) is 27.8. The van der Waals surface area contributed by atoms with E-state index in [1.807, 2.05) is 47.5 Å². The molecule has 6 rings (SSSR count). The van der Waals surface area contributed by atoms with Gasteiger partial charge >= 0.3 is 0 Å². The van der Waals surface area contributed by atoms with Crippen molar-refractivity contribution in [1.29, 1.82) is 0 Å². The Morgan fingerprint density at radius 2 is 1.60 bits per heavy atom. The lowest BCUT2D eigenvalue weighted by molar-refractivity contribution is 0.0741. The molecular weight excluding hydrogens is 528 g/mol. The molecule has 2 aliphatic rings. The Morgan fingerprint density at radius 3 is 2.43 bits per heavy atom. The Labute approximate surface area is 246 Å². The van der Waals surface area contributed by atoms with Crippen LogP contribution in [0.5, 0.6) is 5.75 Å². The van der Waals surface area contributed by atoms with Crippen molar-refractivity contribution in [3.63, 3.8) is 0 Å². The molecule has 4 aromatic rings. The summed E-state index contributed by atoms with van der Waals surface area (Å²) in [6.45, 7) is 6.57. The highest BCUT2D eigenvalue weighted by Crippen LogP contribution is 2.26. The van der Waals surface area contributed by atoms with Crippen molar-refractivity contribution in [3.05, 3.63) is 113 Å². The third kappa shape index (κ3) is 7.10. The van der Waals surface area contributed by atoms with Gasteiger partial charge in [0.2, 0.25) is 5.95 Å². The van der Waals surface area contributed by atoms with E-state index >= 15 is 0 Å². The van der Waals surface area contributed by atoms with E-state index in [0.29, 0.717) is 63.9 Å². The van der Waals surface area contributed by atoms with Crippen molar-refractivity contribution in [1.82, 2.24) is 24.8 Å². The van der Waals surface area contributed by atoms with Gasteiger partial charge in [0.05, 0.1) is 18.9 Å². The SMILES string of the molecule is O=C(c1ccc2c(c1)Cc1cccc(c1)CN(Cc1ccccn1)CCOCCO2)N1CCN(c2ncccn2)CC1. The van der Waals surface area contributed by atoms with E-state index < -0.39 is 0 Å². The molecule has 42 heavy (non-hydrogen) atoms. The van der Waals surface area contributed by atoms with Crippen LogP contribution in [0.2, 0.25) is 0 Å². The summed E-state index contributed by atoms with van der Waals surface area (Å²) in [5.41, 5.74) is 5.13. The summed E-state index contributed by atoms with van der Waals surface area (Å²) in [5, 5.41) is 0. The van der Waals surface area contributed by atoms with Crippen molar-refractivity contribution >= 4 is 11.9 Å². The van der Waals surface area contributed by atoms with Crippen molar-refractivity contribution in [2.75, 3.05) is 57.4 Å². The minimum Gasteiger partial charge on any atom is -0.491 e. The van der Waals surface area contributed by atoms with E-state index in [9.17, 15) is 4.79 Å². The van der Waals surface area contributed by atoms with Crippen LogP contribution in [0.4, 0.5) is 5.95 Å². The maximum absolute atomic E-state index is 13.6. The average Bonchev–Trinajstić information content (AvgIpc) is 3.03. The lowest BCUT2D eigenvalue weighted by atomic mass is 9.99. The molecule has 216 valence electrons. The topological polar surface area (TPSA) is 83.9 Å². The Balaban J connectivity index is 1.18. The number of hydrogen-bond donors (Lipinski definition) is 0. The highest BCUT2D eigenvalue weighted by atomic mass is 16.5. The zero-order chi connectivity index (χ0) is 28.6. The number of carbonyl (C=O) groups is 1. The number of piperazine rings is 1. The fourth-order valence-electron chi connectivity index (χ4n) is 5.50. The van der Waals surface area contributed by atoms with E-state index in [1.54, 1.807) is 12.4 Å². The van der Waals surface area contributed by atoms with Crippen LogP contribution >= 0.6 is 0 Å². The van der Waals surface area contributed by atoms with Gasteiger partial charge in [-0.2, -0.15) is 0 Å². The second-order valence-corrected chi connectivity index (χ2v) is 10.6. The number of pyridine rings is 1. The normalized spacial score (nSPS) is 16.7. The molecule has 2 aromatic carbocycles. The van der Waals surface area contributed by atoms with Gasteiger partial charge in [0, 0.05) is 76.4 Å². The van der Waals surface area contributed by atoms with Crippen molar-refractivity contribution in [2.24, 2.45) is 0 Å². The summed E-state index contributed by atoms with van der Waals surface area (Å²) in [4.78, 5) is 33.2. The lowest BCUT2D eigenvalue weighted by Gasteiger charge is -2.34. The molecule has 1 amide bonds. The highest BCUT2D eigenvalue weighted by Gasteiger charge is 2.24. The van der Waals surface area contributed by atoms with E-state index in [2.05, 4.69) is 55.1 Å². The summed E-state index contributed by atoms with van der Waals surface area (Å²) in [6, 6.07) is 22.3. The minimum absolute atomic E-state index is 0.0353. The van der Waals surface area contributed by atoms with Crippen LogP contribution in [0.15, 0.2) is 85.3 Å². The van der Waals surface area contributed by atoms with Crippen molar-refractivity contribution in [3.8, 4) is 5.75 Å². The zero-order valence-corrected chi connectivity index (χ0v) is 23.8. The monoisotopic (exact) mass is 564 g/mol. The molecule has 1 fully saturated rings. The Kier molecular flexibility index (Phi) is 8.97. The number of ether oxygens (including phenoxy) is 2. The number of aromatic nitrogens is 3. The predicted molar refractivity (Wildman–Crippen MR) is 161 cm³/mol. The van der Waals surface area contributed by atoms with E-state index in [-0.39, 0.29) is 5.91 Å². The van der Waals surface area contributed by atoms with Crippen LogP contribution in [-0.4, -0.2) is 83.2 Å². The summed E-state index contributed by atoms with van der Waals surface area (Å²) >= 11 is 0. The first-order chi connectivity index (χ1) is 20.7. The van der Waals surface area contributed by atoms with Gasteiger partial charge in [0.1, 0.15) is 12.4 Å². The van der Waals surface area contributed by atoms with Crippen LogP contribution in [0.25, 0.3) is 0 Å². The summed E-state index contributed by atoms with van der Waals surface area (Å²) in [5.74, 6) is 1.53. The largest absolute Gasteiger partial charge is 0.491 e. The second-order valence-electron chi connectivity index (χ2n) is 10.6. The smallest absolute Gasteiger partial charge is 0.253 e. The molecule has 0 spiro atoms. The maximum Gasteiger partial charge on any atom is 0.253 e. The molecule has 0 radical (unpaired) electrons. The van der Waals surface area contributed by atoms with E-state index in [4.69, 9.17) is 9.47 Å². The number of amides is 1. The summed E-state index contributed by atoms with van der Waals surface area (Å²) in [6.07, 6.45) is 6.00. The Bertz CT molecular complexity index is 1460. The van der Waals surface area contributed by atoms with Crippen LogP contribution < -0.4 is 9.64 Å². The minimum atomic E-state index is 0.0353. The van der Waals surface area contributed by atoms with Crippen LogP contribution in [-0.2, 0) is 24.2 Å².